The number of nitrogens with zero attached hydrogens (tertiary/aromatic N) is 2. The van der Waals surface area contributed by atoms with E-state index >= 15 is 0 Å². The number of nitro benzene ring substituents is 1. The van der Waals surface area contributed by atoms with Crippen LogP contribution in [0.4, 0.5) is 23.7 Å². The predicted molar refractivity (Wildman–Crippen MR) is 68.7 cm³/mol. The Morgan fingerprint density at radius 2 is 2.10 bits per heavy atom. The summed E-state index contributed by atoms with van der Waals surface area (Å²) in [7, 11) is 1.31. The van der Waals surface area contributed by atoms with Gasteiger partial charge in [0.2, 0.25) is 0 Å². The van der Waals surface area contributed by atoms with Gasteiger partial charge >= 0.3 is 12.2 Å². The summed E-state index contributed by atoms with van der Waals surface area (Å²) in [6.45, 7) is 0.129. The summed E-state index contributed by atoms with van der Waals surface area (Å²) >= 11 is 0. The lowest BCUT2D eigenvalue weighted by Crippen LogP contribution is -2.42. The predicted octanol–water partition coefficient (Wildman–Crippen LogP) is 2.86. The van der Waals surface area contributed by atoms with Gasteiger partial charge in [-0.15, -0.1) is 0 Å². The average molecular weight is 305 g/mol. The van der Waals surface area contributed by atoms with Gasteiger partial charge in [0.25, 0.3) is 5.69 Å². The lowest BCUT2D eigenvalue weighted by molar-refractivity contribution is -0.384. The molecule has 21 heavy (non-hydrogen) atoms. The first-order chi connectivity index (χ1) is 9.61. The Morgan fingerprint density at radius 3 is 2.62 bits per heavy atom. The maximum absolute atomic E-state index is 12.0. The molecule has 0 aliphatic carbocycles. The van der Waals surface area contributed by atoms with Crippen LogP contribution in [0.15, 0.2) is 24.3 Å². The van der Waals surface area contributed by atoms with Crippen molar-refractivity contribution >= 4 is 11.7 Å². The summed E-state index contributed by atoms with van der Waals surface area (Å²) in [4.78, 5) is 22.7. The molecule has 0 aliphatic rings. The van der Waals surface area contributed by atoms with Crippen LogP contribution in [0.25, 0.3) is 0 Å². The van der Waals surface area contributed by atoms with E-state index in [1.54, 1.807) is 18.3 Å². The molecule has 1 unspecified atom stereocenters. The zero-order valence-electron chi connectivity index (χ0n) is 11.3. The van der Waals surface area contributed by atoms with E-state index in [9.17, 15) is 28.1 Å². The molecule has 0 aliphatic heterocycles. The number of nitro groups is 1. The molecule has 1 aromatic carbocycles. The maximum atomic E-state index is 12.0. The van der Waals surface area contributed by atoms with Gasteiger partial charge in [0.05, 0.1) is 11.0 Å². The minimum atomic E-state index is -4.49. The third kappa shape index (κ3) is 4.93. The summed E-state index contributed by atoms with van der Waals surface area (Å²) in [5, 5.41) is 12.4. The highest BCUT2D eigenvalue weighted by atomic mass is 19.4. The summed E-state index contributed by atoms with van der Waals surface area (Å²) in [6.07, 6.45) is -4.49. The molecule has 6 nitrogen and oxygen atoms in total. The quantitative estimate of drug-likeness (QED) is 0.686. The molecule has 1 aromatic rings. The molecule has 9 heteroatoms. The lowest BCUT2D eigenvalue weighted by atomic mass is 10.1. The minimum absolute atomic E-state index is 0.150. The monoisotopic (exact) mass is 305 g/mol. The Bertz CT molecular complexity index is 534. The molecule has 0 aromatic heterocycles. The van der Waals surface area contributed by atoms with Crippen LogP contribution < -0.4 is 5.32 Å². The number of carbonyl (C=O) groups is 1. The normalized spacial score (nSPS) is 12.6. The molecule has 0 radical (unpaired) electrons. The van der Waals surface area contributed by atoms with Crippen LogP contribution in [0.3, 0.4) is 0 Å². The number of non-ortho nitro benzene ring substituents is 1. The highest BCUT2D eigenvalue weighted by Gasteiger charge is 2.29. The van der Waals surface area contributed by atoms with E-state index in [2.05, 4.69) is 0 Å². The number of carbonyl (C=O) groups excluding carboxylic acids is 1. The molecule has 2 amide bonds. The summed E-state index contributed by atoms with van der Waals surface area (Å²) in [5.41, 5.74) is 0.303. The smallest absolute Gasteiger partial charge is 0.329 e. The fraction of sp³-hybridized carbons (Fsp3) is 0.417. The van der Waals surface area contributed by atoms with E-state index in [1.165, 1.54) is 25.2 Å². The second-order valence-corrected chi connectivity index (χ2v) is 4.41. The first-order valence-electron chi connectivity index (χ1n) is 5.93. The first-order valence-corrected chi connectivity index (χ1v) is 5.93. The van der Waals surface area contributed by atoms with Gasteiger partial charge in [-0.1, -0.05) is 12.1 Å². The number of rotatable bonds is 4. The number of nitrogens with one attached hydrogen (secondary N) is 1. The average Bonchev–Trinajstić information content (AvgIpc) is 2.42. The number of amides is 2. The van der Waals surface area contributed by atoms with Crippen LogP contribution in [-0.2, 0) is 0 Å². The Kier molecular flexibility index (Phi) is 5.12. The Hall–Kier alpha value is -2.32. The van der Waals surface area contributed by atoms with Gasteiger partial charge in [-0.2, -0.15) is 13.2 Å². The third-order valence-electron chi connectivity index (χ3n) is 2.90. The zero-order chi connectivity index (χ0) is 16.2. The molecule has 0 spiro atoms. The second kappa shape index (κ2) is 6.42. The van der Waals surface area contributed by atoms with E-state index in [-0.39, 0.29) is 5.69 Å². The summed E-state index contributed by atoms with van der Waals surface area (Å²) in [5.74, 6) is 0. The van der Waals surface area contributed by atoms with E-state index in [0.29, 0.717) is 5.56 Å². The number of urea groups is 1. The van der Waals surface area contributed by atoms with Gasteiger partial charge in [0, 0.05) is 19.2 Å². The number of alkyl halides is 3. The Morgan fingerprint density at radius 1 is 1.48 bits per heavy atom. The van der Waals surface area contributed by atoms with Crippen LogP contribution in [0.1, 0.15) is 18.5 Å². The van der Waals surface area contributed by atoms with Crippen molar-refractivity contribution < 1.29 is 22.9 Å². The van der Waals surface area contributed by atoms with Crippen molar-refractivity contribution in [1.29, 1.82) is 0 Å². The van der Waals surface area contributed by atoms with Crippen molar-refractivity contribution in [2.24, 2.45) is 0 Å². The maximum Gasteiger partial charge on any atom is 0.405 e. The number of hydrogen-bond donors (Lipinski definition) is 1. The van der Waals surface area contributed by atoms with E-state index in [0.717, 1.165) is 4.90 Å². The molecule has 1 N–H and O–H groups in total. The fourth-order valence-electron chi connectivity index (χ4n) is 1.60. The van der Waals surface area contributed by atoms with E-state index in [4.69, 9.17) is 0 Å². The minimum Gasteiger partial charge on any atom is -0.329 e. The van der Waals surface area contributed by atoms with Crippen LogP contribution in [-0.4, -0.2) is 35.6 Å². The van der Waals surface area contributed by atoms with Gasteiger partial charge in [0.15, 0.2) is 0 Å². The molecule has 0 saturated heterocycles. The SMILES string of the molecule is CC(c1cccc([N+](=O)[O-])c1)N(C)C(=O)NCC(F)(F)F. The standard InChI is InChI=1S/C12H14F3N3O3/c1-8(9-4-3-5-10(6-9)18(20)21)17(2)11(19)16-7-12(13,14)15/h3-6,8H,7H2,1-2H3,(H,16,19). The Labute approximate surface area is 118 Å². The summed E-state index contributed by atoms with van der Waals surface area (Å²) in [6, 6.07) is 4.05. The van der Waals surface area contributed by atoms with Crippen LogP contribution in [0.2, 0.25) is 0 Å². The largest absolute Gasteiger partial charge is 0.405 e. The van der Waals surface area contributed by atoms with E-state index < -0.39 is 29.7 Å². The van der Waals surface area contributed by atoms with Gasteiger partial charge in [-0.25, -0.2) is 4.79 Å². The van der Waals surface area contributed by atoms with Crippen molar-refractivity contribution in [3.63, 3.8) is 0 Å². The van der Waals surface area contributed by atoms with Gasteiger partial charge in [-0.3, -0.25) is 10.1 Å². The molecule has 0 saturated carbocycles. The van der Waals surface area contributed by atoms with Crippen molar-refractivity contribution in [2.75, 3.05) is 13.6 Å². The lowest BCUT2D eigenvalue weighted by Gasteiger charge is -2.25. The first kappa shape index (κ1) is 16.7. The van der Waals surface area contributed by atoms with Gasteiger partial charge in [0.1, 0.15) is 6.54 Å². The molecule has 0 bridgehead atoms. The van der Waals surface area contributed by atoms with Crippen LogP contribution in [0, 0.1) is 10.1 Å². The van der Waals surface area contributed by atoms with Crippen molar-refractivity contribution in [3.8, 4) is 0 Å². The summed E-state index contributed by atoms with van der Waals surface area (Å²) < 4.78 is 36.1. The molecular weight excluding hydrogens is 291 g/mol. The molecule has 1 rings (SSSR count). The van der Waals surface area contributed by atoms with Crippen molar-refractivity contribution in [3.05, 3.63) is 39.9 Å². The molecule has 0 fully saturated rings. The Balaban J connectivity index is 2.78. The van der Waals surface area contributed by atoms with Crippen molar-refractivity contribution in [1.82, 2.24) is 10.2 Å². The molecule has 1 atom stereocenters. The topological polar surface area (TPSA) is 75.5 Å². The third-order valence-corrected chi connectivity index (χ3v) is 2.90. The fourth-order valence-corrected chi connectivity index (χ4v) is 1.60. The second-order valence-electron chi connectivity index (χ2n) is 4.41. The number of hydrogen-bond acceptors (Lipinski definition) is 3. The number of benzene rings is 1. The van der Waals surface area contributed by atoms with Gasteiger partial charge in [-0.05, 0) is 12.5 Å². The molecule has 0 heterocycles. The number of halogens is 3. The molecular formula is C12H14F3N3O3. The van der Waals surface area contributed by atoms with Gasteiger partial charge < -0.3 is 10.2 Å². The molecule has 116 valence electrons. The van der Waals surface area contributed by atoms with Crippen molar-refractivity contribution in [2.45, 2.75) is 19.1 Å². The van der Waals surface area contributed by atoms with Crippen LogP contribution in [0.5, 0.6) is 0 Å². The highest BCUT2D eigenvalue weighted by Crippen LogP contribution is 2.23. The van der Waals surface area contributed by atoms with E-state index in [1.807, 2.05) is 0 Å². The zero-order valence-corrected chi connectivity index (χ0v) is 11.3. The van der Waals surface area contributed by atoms with Crippen LogP contribution >= 0.6 is 0 Å². The highest BCUT2D eigenvalue weighted by molar-refractivity contribution is 5.74.